The van der Waals surface area contributed by atoms with E-state index in [2.05, 4.69) is 69.0 Å². The molecule has 1 heterocycles. The molecule has 0 amide bonds. The van der Waals surface area contributed by atoms with Crippen molar-refractivity contribution in [3.8, 4) is 0 Å². The summed E-state index contributed by atoms with van der Waals surface area (Å²) in [6.45, 7) is 8.89. The zero-order valence-electron chi connectivity index (χ0n) is 20.4. The van der Waals surface area contributed by atoms with Crippen LogP contribution in [0.1, 0.15) is 65.1 Å². The highest BCUT2D eigenvalue weighted by Gasteiger charge is 2.37. The van der Waals surface area contributed by atoms with Crippen LogP contribution in [0.5, 0.6) is 0 Å². The van der Waals surface area contributed by atoms with Crippen molar-refractivity contribution in [3.63, 3.8) is 0 Å². The number of hydrogen-bond donors (Lipinski definition) is 0. The fraction of sp³-hybridized carbons (Fsp3) is 0.188. The molecule has 0 saturated heterocycles. The first-order valence-corrected chi connectivity index (χ1v) is 12.1. The number of carbonyl (C=O) groups excluding carboxylic acids is 2. The molecule has 1 aliphatic carbocycles. The fourth-order valence-corrected chi connectivity index (χ4v) is 5.70. The molecular formula is C32H27NO2. The van der Waals surface area contributed by atoms with Crippen molar-refractivity contribution < 1.29 is 9.59 Å². The van der Waals surface area contributed by atoms with Gasteiger partial charge in [-0.2, -0.15) is 0 Å². The van der Waals surface area contributed by atoms with Gasteiger partial charge in [-0.25, -0.2) is 0 Å². The molecule has 0 atom stereocenters. The van der Waals surface area contributed by atoms with Gasteiger partial charge >= 0.3 is 0 Å². The van der Waals surface area contributed by atoms with Crippen molar-refractivity contribution in [1.29, 1.82) is 0 Å². The summed E-state index contributed by atoms with van der Waals surface area (Å²) in [7, 11) is 0. The average molecular weight is 458 g/mol. The molecule has 172 valence electrons. The molecule has 4 aromatic carbocycles. The van der Waals surface area contributed by atoms with Gasteiger partial charge in [-0.05, 0) is 77.7 Å². The van der Waals surface area contributed by atoms with Gasteiger partial charge in [0.05, 0.1) is 5.57 Å². The third-order valence-corrected chi connectivity index (χ3v) is 7.48. The van der Waals surface area contributed by atoms with Gasteiger partial charge in [-0.1, -0.05) is 62.4 Å². The zero-order valence-corrected chi connectivity index (χ0v) is 20.4. The number of hydrogen-bond acceptors (Lipinski definition) is 3. The van der Waals surface area contributed by atoms with E-state index in [1.54, 1.807) is 6.08 Å². The first-order valence-electron chi connectivity index (χ1n) is 12.1. The van der Waals surface area contributed by atoms with Crippen molar-refractivity contribution in [2.24, 2.45) is 0 Å². The monoisotopic (exact) mass is 457 g/mol. The quantitative estimate of drug-likeness (QED) is 0.231. The van der Waals surface area contributed by atoms with Gasteiger partial charge in [0.25, 0.3) is 0 Å². The van der Waals surface area contributed by atoms with Crippen molar-refractivity contribution >= 4 is 39.8 Å². The van der Waals surface area contributed by atoms with Crippen LogP contribution < -0.4 is 4.90 Å². The van der Waals surface area contributed by atoms with Gasteiger partial charge in [-0.15, -0.1) is 0 Å². The smallest absolute Gasteiger partial charge is 0.197 e. The van der Waals surface area contributed by atoms with Crippen LogP contribution in [0.25, 0.3) is 16.8 Å². The molecule has 2 aliphatic rings. The number of benzene rings is 4. The number of para-hydroxylation sites is 1. The van der Waals surface area contributed by atoms with E-state index in [1.165, 1.54) is 22.5 Å². The molecule has 0 radical (unpaired) electrons. The number of fused-ring (bicyclic) bond motifs is 4. The maximum absolute atomic E-state index is 13.3. The molecular weight excluding hydrogens is 430 g/mol. The summed E-state index contributed by atoms with van der Waals surface area (Å²) in [5, 5.41) is 1.94. The van der Waals surface area contributed by atoms with Gasteiger partial charge in [0.15, 0.2) is 11.6 Å². The second-order valence-electron chi connectivity index (χ2n) is 10.3. The van der Waals surface area contributed by atoms with Crippen LogP contribution in [-0.2, 0) is 5.41 Å². The molecule has 1 aliphatic heterocycles. The molecule has 4 aromatic rings. The van der Waals surface area contributed by atoms with Crippen molar-refractivity contribution in [2.75, 3.05) is 4.90 Å². The summed E-state index contributed by atoms with van der Waals surface area (Å²) >= 11 is 0. The topological polar surface area (TPSA) is 37.4 Å². The molecule has 0 spiro atoms. The van der Waals surface area contributed by atoms with E-state index >= 15 is 0 Å². The number of nitrogens with zero attached hydrogens (tertiary/aromatic N) is 1. The van der Waals surface area contributed by atoms with Crippen LogP contribution in [0.4, 0.5) is 11.4 Å². The lowest BCUT2D eigenvalue weighted by Gasteiger charge is -2.44. The van der Waals surface area contributed by atoms with Gasteiger partial charge in [0, 0.05) is 34.0 Å². The number of anilines is 2. The molecule has 0 N–H and O–H groups in total. The molecule has 3 nitrogen and oxygen atoms in total. The number of Topliss-reactive ketones (excluding diaryl/α,β-unsaturated/α-hetero) is 2. The van der Waals surface area contributed by atoms with E-state index in [9.17, 15) is 9.59 Å². The molecule has 6 rings (SSSR count). The Morgan fingerprint density at radius 3 is 1.91 bits per heavy atom. The summed E-state index contributed by atoms with van der Waals surface area (Å²) in [6.07, 6.45) is 1.77. The van der Waals surface area contributed by atoms with Crippen LogP contribution in [0, 0.1) is 0 Å². The fourth-order valence-electron chi connectivity index (χ4n) is 5.70. The van der Waals surface area contributed by atoms with E-state index in [0.717, 1.165) is 16.3 Å². The number of rotatable bonds is 2. The molecule has 0 fully saturated rings. The van der Waals surface area contributed by atoms with E-state index in [-0.39, 0.29) is 28.6 Å². The SMILES string of the molecule is CC(C)N1c2ccccc2C(C)(C)c2cc(C=C3C(=O)c4cc5ccccc5cc4C3=O)ccc21. The highest BCUT2D eigenvalue weighted by atomic mass is 16.2. The lowest BCUT2D eigenvalue weighted by molar-refractivity contribution is 0.0990. The average Bonchev–Trinajstić information content (AvgIpc) is 3.07. The van der Waals surface area contributed by atoms with Crippen molar-refractivity contribution in [1.82, 2.24) is 0 Å². The summed E-state index contributed by atoms with van der Waals surface area (Å²) in [6, 6.07) is 26.7. The Morgan fingerprint density at radius 1 is 0.714 bits per heavy atom. The van der Waals surface area contributed by atoms with Gasteiger partial charge < -0.3 is 4.90 Å². The molecule has 0 aromatic heterocycles. The minimum atomic E-state index is -0.212. The lowest BCUT2D eigenvalue weighted by atomic mass is 9.73. The second-order valence-corrected chi connectivity index (χ2v) is 10.3. The summed E-state index contributed by atoms with van der Waals surface area (Å²) in [4.78, 5) is 28.9. The van der Waals surface area contributed by atoms with Crippen LogP contribution in [0.2, 0.25) is 0 Å². The minimum Gasteiger partial charge on any atom is -0.338 e. The van der Waals surface area contributed by atoms with Crippen LogP contribution in [-0.4, -0.2) is 17.6 Å². The largest absolute Gasteiger partial charge is 0.338 e. The number of allylic oxidation sites excluding steroid dienone is 1. The van der Waals surface area contributed by atoms with Crippen molar-refractivity contribution in [3.05, 3.63) is 112 Å². The summed E-state index contributed by atoms with van der Waals surface area (Å²) < 4.78 is 0. The molecule has 0 unspecified atom stereocenters. The molecule has 0 saturated carbocycles. The normalized spacial score (nSPS) is 15.9. The maximum Gasteiger partial charge on any atom is 0.197 e. The molecule has 0 bridgehead atoms. The Hall–Kier alpha value is -3.98. The summed E-state index contributed by atoms with van der Waals surface area (Å²) in [5.41, 5.74) is 6.77. The van der Waals surface area contributed by atoms with Gasteiger partial charge in [0.2, 0.25) is 0 Å². The predicted octanol–water partition coefficient (Wildman–Crippen LogP) is 7.49. The Kier molecular flexibility index (Phi) is 4.62. The third kappa shape index (κ3) is 3.11. The Morgan fingerprint density at radius 2 is 1.29 bits per heavy atom. The highest BCUT2D eigenvalue weighted by molar-refractivity contribution is 6.42. The first kappa shape index (κ1) is 21.5. The number of ketones is 2. The van der Waals surface area contributed by atoms with E-state index in [0.29, 0.717) is 11.1 Å². The Bertz CT molecular complexity index is 1530. The van der Waals surface area contributed by atoms with E-state index in [1.807, 2.05) is 42.5 Å². The van der Waals surface area contributed by atoms with E-state index < -0.39 is 0 Å². The summed E-state index contributed by atoms with van der Waals surface area (Å²) in [5.74, 6) is -0.385. The minimum absolute atomic E-state index is 0.193. The molecule has 3 heteroatoms. The number of carbonyl (C=O) groups is 2. The van der Waals surface area contributed by atoms with Crippen molar-refractivity contribution in [2.45, 2.75) is 39.2 Å². The second kappa shape index (κ2) is 7.51. The first-order chi connectivity index (χ1) is 16.8. The van der Waals surface area contributed by atoms with Gasteiger partial charge in [-0.3, -0.25) is 9.59 Å². The van der Waals surface area contributed by atoms with Gasteiger partial charge in [0.1, 0.15) is 0 Å². The Balaban J connectivity index is 1.47. The molecule has 35 heavy (non-hydrogen) atoms. The van der Waals surface area contributed by atoms with Crippen LogP contribution >= 0.6 is 0 Å². The highest BCUT2D eigenvalue weighted by Crippen LogP contribution is 2.50. The van der Waals surface area contributed by atoms with E-state index in [4.69, 9.17) is 0 Å². The zero-order chi connectivity index (χ0) is 24.5. The maximum atomic E-state index is 13.3. The third-order valence-electron chi connectivity index (χ3n) is 7.48. The Labute approximate surface area is 205 Å². The standard InChI is InChI=1S/C32H27NO2/c1-19(2)33-28-12-8-7-11-26(28)32(3,4)27-16-20(13-14-29(27)33)15-25-30(34)23-17-21-9-5-6-10-22(21)18-24(23)31(25)35/h5-19H,1-4H3. The predicted molar refractivity (Wildman–Crippen MR) is 143 cm³/mol. The van der Waals surface area contributed by atoms with Crippen LogP contribution in [0.15, 0.2) is 84.4 Å². The van der Waals surface area contributed by atoms with Crippen LogP contribution in [0.3, 0.4) is 0 Å². The lowest BCUT2D eigenvalue weighted by Crippen LogP contribution is -2.36.